The summed E-state index contributed by atoms with van der Waals surface area (Å²) in [7, 11) is 0. The van der Waals surface area contributed by atoms with Crippen LogP contribution in [0.15, 0.2) is 24.3 Å². The average molecular weight is 270 g/mol. The summed E-state index contributed by atoms with van der Waals surface area (Å²) in [5, 5.41) is 0. The highest BCUT2D eigenvalue weighted by atomic mass is 16.1. The summed E-state index contributed by atoms with van der Waals surface area (Å²) in [5.74, 6) is 1.71. The number of likely N-dealkylation sites (tertiary alicyclic amines) is 1. The van der Waals surface area contributed by atoms with Gasteiger partial charge in [-0.15, -0.1) is 0 Å². The summed E-state index contributed by atoms with van der Waals surface area (Å²) >= 11 is 0. The van der Waals surface area contributed by atoms with Crippen LogP contribution in [-0.4, -0.2) is 30.3 Å². The van der Waals surface area contributed by atoms with E-state index in [4.69, 9.17) is 0 Å². The highest BCUT2D eigenvalue weighted by Gasteiger charge is 2.27. The number of hydrogen-bond donors (Lipinski definition) is 0. The van der Waals surface area contributed by atoms with Gasteiger partial charge < -0.3 is 4.90 Å². The molecule has 2 radical (unpaired) electrons. The molecule has 1 aromatic rings. The van der Waals surface area contributed by atoms with Gasteiger partial charge in [0.15, 0.2) is 5.78 Å². The molecule has 0 spiro atoms. The predicted octanol–water partition coefficient (Wildman–Crippen LogP) is 3.08. The fourth-order valence-corrected chi connectivity index (χ4v) is 3.07. The van der Waals surface area contributed by atoms with Crippen molar-refractivity contribution < 1.29 is 4.79 Å². The summed E-state index contributed by atoms with van der Waals surface area (Å²) in [5.41, 5.74) is 10.2. The van der Waals surface area contributed by atoms with E-state index in [-0.39, 0.29) is 11.5 Å². The van der Waals surface area contributed by atoms with Crippen molar-refractivity contribution in [2.45, 2.75) is 32.1 Å². The minimum absolute atomic E-state index is 0.214. The summed E-state index contributed by atoms with van der Waals surface area (Å²) in [6.45, 7) is 3.59. The SMILES string of the molecule is [N]c1ccc(C(=O)CC2CCN(CC3CC3)CC2)cc1. The van der Waals surface area contributed by atoms with E-state index in [9.17, 15) is 10.5 Å². The molecule has 1 saturated heterocycles. The summed E-state index contributed by atoms with van der Waals surface area (Å²) in [4.78, 5) is 14.8. The largest absolute Gasteiger partial charge is 0.303 e. The Hall–Kier alpha value is -1.35. The number of carbonyl (C=O) groups excluding carboxylic acids is 1. The third-order valence-electron chi connectivity index (χ3n) is 4.58. The van der Waals surface area contributed by atoms with Crippen molar-refractivity contribution in [1.29, 1.82) is 0 Å². The molecule has 20 heavy (non-hydrogen) atoms. The van der Waals surface area contributed by atoms with Crippen molar-refractivity contribution >= 4 is 11.5 Å². The Morgan fingerprint density at radius 3 is 2.30 bits per heavy atom. The van der Waals surface area contributed by atoms with E-state index < -0.39 is 0 Å². The molecule has 0 bridgehead atoms. The molecular formula is C17H22N2O. The molecule has 1 aromatic carbocycles. The first kappa shape index (κ1) is 13.6. The third kappa shape index (κ3) is 3.60. The Labute approximate surface area is 121 Å². The number of hydrogen-bond acceptors (Lipinski definition) is 2. The van der Waals surface area contributed by atoms with Crippen molar-refractivity contribution in [1.82, 2.24) is 10.6 Å². The van der Waals surface area contributed by atoms with Crippen molar-refractivity contribution in [3.05, 3.63) is 29.8 Å². The Kier molecular flexibility index (Phi) is 4.06. The van der Waals surface area contributed by atoms with Crippen LogP contribution in [-0.2, 0) is 0 Å². The molecule has 3 nitrogen and oxygen atoms in total. The maximum absolute atomic E-state index is 12.2. The van der Waals surface area contributed by atoms with Gasteiger partial charge in [-0.3, -0.25) is 4.79 Å². The zero-order valence-corrected chi connectivity index (χ0v) is 11.9. The van der Waals surface area contributed by atoms with Crippen LogP contribution in [0.3, 0.4) is 0 Å². The lowest BCUT2D eigenvalue weighted by molar-refractivity contribution is 0.0926. The number of ketones is 1. The maximum atomic E-state index is 12.2. The van der Waals surface area contributed by atoms with Crippen LogP contribution in [0.25, 0.3) is 0 Å². The first-order valence-electron chi connectivity index (χ1n) is 7.75. The quantitative estimate of drug-likeness (QED) is 0.772. The molecule has 1 heterocycles. The molecule has 1 aliphatic carbocycles. The van der Waals surface area contributed by atoms with E-state index in [1.807, 2.05) is 0 Å². The van der Waals surface area contributed by atoms with Crippen LogP contribution >= 0.6 is 0 Å². The monoisotopic (exact) mass is 270 g/mol. The van der Waals surface area contributed by atoms with Crippen LogP contribution in [0.2, 0.25) is 0 Å². The first-order valence-corrected chi connectivity index (χ1v) is 7.75. The molecule has 0 atom stereocenters. The van der Waals surface area contributed by atoms with E-state index >= 15 is 0 Å². The molecule has 106 valence electrons. The van der Waals surface area contributed by atoms with Crippen LogP contribution in [0, 0.1) is 11.8 Å². The van der Waals surface area contributed by atoms with Gasteiger partial charge in [-0.25, -0.2) is 0 Å². The minimum Gasteiger partial charge on any atom is -0.303 e. The number of carbonyl (C=O) groups is 1. The third-order valence-corrected chi connectivity index (χ3v) is 4.58. The number of nitrogens with zero attached hydrogens (tertiary/aromatic N) is 2. The molecule has 2 aliphatic rings. The van der Waals surface area contributed by atoms with Crippen molar-refractivity contribution in [2.24, 2.45) is 11.8 Å². The number of rotatable bonds is 5. The summed E-state index contributed by atoms with van der Waals surface area (Å²) in [6.07, 6.45) is 5.79. The van der Waals surface area contributed by atoms with Crippen LogP contribution < -0.4 is 5.73 Å². The van der Waals surface area contributed by atoms with Gasteiger partial charge in [-0.2, -0.15) is 5.73 Å². The van der Waals surface area contributed by atoms with Crippen LogP contribution in [0.4, 0.5) is 5.69 Å². The van der Waals surface area contributed by atoms with E-state index in [1.165, 1.54) is 19.4 Å². The normalized spacial score (nSPS) is 21.0. The van der Waals surface area contributed by atoms with E-state index in [0.29, 0.717) is 12.3 Å². The number of benzene rings is 1. The molecule has 0 N–H and O–H groups in total. The maximum Gasteiger partial charge on any atom is 0.163 e. The lowest BCUT2D eigenvalue weighted by Gasteiger charge is -2.31. The topological polar surface area (TPSA) is 42.6 Å². The summed E-state index contributed by atoms with van der Waals surface area (Å²) < 4.78 is 0. The highest BCUT2D eigenvalue weighted by Crippen LogP contribution is 2.31. The van der Waals surface area contributed by atoms with Gasteiger partial charge in [0.1, 0.15) is 0 Å². The van der Waals surface area contributed by atoms with E-state index in [2.05, 4.69) is 4.90 Å². The van der Waals surface area contributed by atoms with Gasteiger partial charge in [0, 0.05) is 18.5 Å². The molecule has 0 unspecified atom stereocenters. The lowest BCUT2D eigenvalue weighted by atomic mass is 9.89. The van der Waals surface area contributed by atoms with Gasteiger partial charge in [-0.05, 0) is 74.9 Å². The Morgan fingerprint density at radius 1 is 1.05 bits per heavy atom. The predicted molar refractivity (Wildman–Crippen MR) is 79.1 cm³/mol. The molecule has 3 rings (SSSR count). The smallest absolute Gasteiger partial charge is 0.163 e. The fraction of sp³-hybridized carbons (Fsp3) is 0.588. The first-order chi connectivity index (χ1) is 9.70. The van der Waals surface area contributed by atoms with Gasteiger partial charge in [-0.1, -0.05) is 0 Å². The Morgan fingerprint density at radius 2 is 1.70 bits per heavy atom. The molecule has 1 saturated carbocycles. The van der Waals surface area contributed by atoms with Crippen LogP contribution in [0.5, 0.6) is 0 Å². The Balaban J connectivity index is 1.46. The molecule has 2 fully saturated rings. The highest BCUT2D eigenvalue weighted by molar-refractivity contribution is 5.96. The average Bonchev–Trinajstić information content (AvgIpc) is 3.26. The lowest BCUT2D eigenvalue weighted by Crippen LogP contribution is -2.35. The second-order valence-electron chi connectivity index (χ2n) is 6.36. The standard InChI is InChI=1S/C17H22N2O/c18-16-5-3-15(4-6-16)17(20)11-13-7-9-19(10-8-13)12-14-1-2-14/h3-6,13-14H,1-2,7-12H2. The zero-order chi connectivity index (χ0) is 13.9. The van der Waals surface area contributed by atoms with Gasteiger partial charge in [0.25, 0.3) is 0 Å². The second-order valence-corrected chi connectivity index (χ2v) is 6.36. The zero-order valence-electron chi connectivity index (χ0n) is 11.9. The van der Waals surface area contributed by atoms with Crippen LogP contribution in [0.1, 0.15) is 42.5 Å². The second kappa shape index (κ2) is 5.96. The number of piperidine rings is 1. The fourth-order valence-electron chi connectivity index (χ4n) is 3.07. The summed E-state index contributed by atoms with van der Waals surface area (Å²) in [6, 6.07) is 6.62. The molecule has 3 heteroatoms. The van der Waals surface area contributed by atoms with Crippen molar-refractivity contribution in [3.63, 3.8) is 0 Å². The molecule has 0 aromatic heterocycles. The van der Waals surface area contributed by atoms with E-state index in [1.54, 1.807) is 24.3 Å². The molecular weight excluding hydrogens is 248 g/mol. The number of Topliss-reactive ketones (excluding diaryl/α,β-unsaturated/α-hetero) is 1. The van der Waals surface area contributed by atoms with Gasteiger partial charge in [0.05, 0.1) is 5.69 Å². The van der Waals surface area contributed by atoms with Gasteiger partial charge in [0.2, 0.25) is 0 Å². The van der Waals surface area contributed by atoms with Crippen molar-refractivity contribution in [3.8, 4) is 0 Å². The minimum atomic E-state index is 0.214. The van der Waals surface area contributed by atoms with Crippen molar-refractivity contribution in [2.75, 3.05) is 19.6 Å². The molecule has 1 aliphatic heterocycles. The van der Waals surface area contributed by atoms with Gasteiger partial charge >= 0.3 is 0 Å². The van der Waals surface area contributed by atoms with E-state index in [0.717, 1.165) is 37.4 Å². The molecule has 0 amide bonds. The Bertz CT molecular complexity index is 456.